The summed E-state index contributed by atoms with van der Waals surface area (Å²) in [7, 11) is 0. The zero-order valence-electron chi connectivity index (χ0n) is 28.3. The Morgan fingerprint density at radius 1 is 0.846 bits per heavy atom. The molecule has 1 fully saturated rings. The third-order valence-electron chi connectivity index (χ3n) is 7.97. The number of amides is 3. The number of halogens is 5. The molecule has 3 amide bonds. The average molecular weight is 743 g/mol. The Morgan fingerprint density at radius 3 is 2.12 bits per heavy atom. The number of nitrogens with zero attached hydrogens (tertiary/aromatic N) is 3. The zero-order valence-corrected chi connectivity index (χ0v) is 29.0. The fourth-order valence-electron chi connectivity index (χ4n) is 4.85. The van der Waals surface area contributed by atoms with Crippen molar-refractivity contribution in [1.82, 2.24) is 25.6 Å². The molecular weight excluding hydrogens is 708 g/mol. The van der Waals surface area contributed by atoms with E-state index in [4.69, 9.17) is 16.3 Å². The lowest BCUT2D eigenvalue weighted by atomic mass is 9.93. The summed E-state index contributed by atoms with van der Waals surface area (Å²) in [5, 5.41) is 14.3. The number of carbonyl (C=O) groups is 3. The van der Waals surface area contributed by atoms with E-state index in [-0.39, 0.29) is 30.7 Å². The second kappa shape index (κ2) is 15.4. The van der Waals surface area contributed by atoms with Gasteiger partial charge in [-0.1, -0.05) is 43.6 Å². The van der Waals surface area contributed by atoms with E-state index >= 15 is 0 Å². The van der Waals surface area contributed by atoms with Gasteiger partial charge in [-0.05, 0) is 84.8 Å². The molecule has 274 valence electrons. The molecule has 0 aliphatic heterocycles. The van der Waals surface area contributed by atoms with Gasteiger partial charge in [-0.3, -0.25) is 14.4 Å². The summed E-state index contributed by atoms with van der Waals surface area (Å²) in [5.74, 6) is -2.92. The summed E-state index contributed by atoms with van der Waals surface area (Å²) in [6.45, 7) is 3.70. The summed E-state index contributed by atoms with van der Waals surface area (Å²) in [5.41, 5.74) is 0.969. The van der Waals surface area contributed by atoms with Crippen molar-refractivity contribution in [3.8, 4) is 6.01 Å². The molecule has 4 aromatic rings. The van der Waals surface area contributed by atoms with E-state index in [2.05, 4.69) is 41.5 Å². The highest BCUT2D eigenvalue weighted by Gasteiger charge is 2.45. The van der Waals surface area contributed by atoms with Gasteiger partial charge in [0.25, 0.3) is 5.91 Å². The van der Waals surface area contributed by atoms with E-state index in [0.717, 1.165) is 24.5 Å². The van der Waals surface area contributed by atoms with Crippen molar-refractivity contribution in [2.75, 3.05) is 35.6 Å². The number of hydrogen-bond acceptors (Lipinski definition) is 9. The topological polar surface area (TPSA) is 159 Å². The summed E-state index contributed by atoms with van der Waals surface area (Å²) in [4.78, 5) is 49.9. The van der Waals surface area contributed by atoms with Crippen LogP contribution in [0.5, 0.6) is 6.01 Å². The van der Waals surface area contributed by atoms with Crippen LogP contribution >= 0.6 is 11.6 Å². The predicted molar refractivity (Wildman–Crippen MR) is 186 cm³/mol. The maximum Gasteiger partial charge on any atom is 0.422 e. The quantitative estimate of drug-likeness (QED) is 0.0787. The van der Waals surface area contributed by atoms with Gasteiger partial charge in [-0.25, -0.2) is 4.39 Å². The van der Waals surface area contributed by atoms with E-state index in [0.29, 0.717) is 21.8 Å². The van der Waals surface area contributed by atoms with Gasteiger partial charge < -0.3 is 31.3 Å². The maximum atomic E-state index is 13.8. The van der Waals surface area contributed by atoms with Crippen molar-refractivity contribution in [1.29, 1.82) is 0 Å². The van der Waals surface area contributed by atoms with Crippen LogP contribution in [0.2, 0.25) is 5.02 Å². The predicted octanol–water partition coefficient (Wildman–Crippen LogP) is 6.27. The maximum absolute atomic E-state index is 13.8. The molecule has 1 aliphatic carbocycles. The molecule has 0 radical (unpaired) electrons. The molecule has 3 aromatic carbocycles. The lowest BCUT2D eigenvalue weighted by Gasteiger charge is -2.25. The van der Waals surface area contributed by atoms with Crippen molar-refractivity contribution in [3.63, 3.8) is 0 Å². The van der Waals surface area contributed by atoms with Gasteiger partial charge in [0.1, 0.15) is 5.82 Å². The van der Waals surface area contributed by atoms with E-state index in [1.807, 2.05) is 12.1 Å². The van der Waals surface area contributed by atoms with Crippen LogP contribution in [0.3, 0.4) is 0 Å². The summed E-state index contributed by atoms with van der Waals surface area (Å²) in [6, 6.07) is 16.9. The first-order chi connectivity index (χ1) is 24.5. The van der Waals surface area contributed by atoms with Crippen LogP contribution in [-0.4, -0.2) is 58.5 Å². The normalized spacial score (nSPS) is 13.5. The van der Waals surface area contributed by atoms with E-state index < -0.39 is 53.3 Å². The van der Waals surface area contributed by atoms with Crippen LogP contribution in [0.15, 0.2) is 66.7 Å². The molecule has 5 rings (SSSR count). The van der Waals surface area contributed by atoms with E-state index in [1.54, 1.807) is 45.0 Å². The van der Waals surface area contributed by atoms with Crippen LogP contribution < -0.4 is 31.3 Å². The van der Waals surface area contributed by atoms with Crippen molar-refractivity contribution in [2.24, 2.45) is 5.41 Å². The van der Waals surface area contributed by atoms with E-state index in [1.165, 1.54) is 24.3 Å². The van der Waals surface area contributed by atoms with Crippen molar-refractivity contribution in [2.45, 2.75) is 45.3 Å². The second-order valence-electron chi connectivity index (χ2n) is 13.0. The molecule has 1 heterocycles. The summed E-state index contributed by atoms with van der Waals surface area (Å²) >= 11 is 6.02. The van der Waals surface area contributed by atoms with Gasteiger partial charge >= 0.3 is 24.0 Å². The SMILES string of the molecule is Cc1ccc(NC(=O)C(=O)NCC(C)(C)CNC(=O)c2ccc(Nc3nc(NC4(c5ccc(Cl)cc5)CC4)nc(OCC(F)(F)F)n3)cc2)cc1F. The summed E-state index contributed by atoms with van der Waals surface area (Å²) in [6.07, 6.45) is -3.16. The van der Waals surface area contributed by atoms with Crippen LogP contribution in [-0.2, 0) is 15.1 Å². The number of alkyl halides is 3. The molecule has 12 nitrogen and oxygen atoms in total. The first-order valence-electron chi connectivity index (χ1n) is 16.0. The number of hydrogen-bond donors (Lipinski definition) is 5. The third kappa shape index (κ3) is 10.5. The Balaban J connectivity index is 1.17. The number of aryl methyl sites for hydroxylation is 1. The van der Waals surface area contributed by atoms with Crippen LogP contribution in [0.4, 0.5) is 40.8 Å². The van der Waals surface area contributed by atoms with E-state index in [9.17, 15) is 31.9 Å². The van der Waals surface area contributed by atoms with Crippen molar-refractivity contribution in [3.05, 3.63) is 94.3 Å². The molecular formula is C35H35ClF4N8O4. The number of aromatic nitrogens is 3. The Morgan fingerprint density at radius 2 is 1.48 bits per heavy atom. The minimum atomic E-state index is -4.62. The largest absolute Gasteiger partial charge is 0.454 e. The minimum absolute atomic E-state index is 0.000729. The van der Waals surface area contributed by atoms with Gasteiger partial charge in [0.15, 0.2) is 6.61 Å². The number of ether oxygens (including phenoxy) is 1. The lowest BCUT2D eigenvalue weighted by Crippen LogP contribution is -2.44. The Kier molecular flexibility index (Phi) is 11.2. The Hall–Kier alpha value is -5.51. The fourth-order valence-corrected chi connectivity index (χ4v) is 4.98. The van der Waals surface area contributed by atoms with Gasteiger partial charge in [0.2, 0.25) is 11.9 Å². The van der Waals surface area contributed by atoms with Gasteiger partial charge in [-0.2, -0.15) is 28.1 Å². The monoisotopic (exact) mass is 742 g/mol. The molecule has 0 unspecified atom stereocenters. The van der Waals surface area contributed by atoms with Crippen LogP contribution in [0.1, 0.15) is 48.2 Å². The highest BCUT2D eigenvalue weighted by Crippen LogP contribution is 2.48. The first-order valence-corrected chi connectivity index (χ1v) is 16.4. The number of anilines is 4. The Labute approximate surface area is 301 Å². The van der Waals surface area contributed by atoms with Crippen LogP contribution in [0, 0.1) is 18.2 Å². The zero-order chi connectivity index (χ0) is 37.7. The molecule has 0 spiro atoms. The molecule has 0 saturated heterocycles. The fraction of sp³-hybridized carbons (Fsp3) is 0.314. The lowest BCUT2D eigenvalue weighted by molar-refractivity contribution is -0.154. The van der Waals surface area contributed by atoms with Gasteiger partial charge in [0.05, 0.1) is 5.54 Å². The molecule has 5 N–H and O–H groups in total. The third-order valence-corrected chi connectivity index (χ3v) is 8.22. The highest BCUT2D eigenvalue weighted by atomic mass is 35.5. The second-order valence-corrected chi connectivity index (χ2v) is 13.5. The van der Waals surface area contributed by atoms with Crippen molar-refractivity contribution >= 4 is 52.6 Å². The number of nitrogens with one attached hydrogen (secondary N) is 5. The Bertz CT molecular complexity index is 1940. The summed E-state index contributed by atoms with van der Waals surface area (Å²) < 4.78 is 57.4. The standard InChI is InChI=1S/C35H35ClF4N8O4/c1-20-4-11-25(16-26(20)37)43-29(51)28(50)42-18-33(2,3)17-41-27(49)21-5-12-24(13-6-21)44-30-45-31(47-32(46-30)52-19-35(38,39)40)48-34(14-15-34)22-7-9-23(36)10-8-22/h4-13,16H,14-15,17-19H2,1-3H3,(H,41,49)(H,42,50)(H,43,51)(H2,44,45,46,47,48). The van der Waals surface area contributed by atoms with Crippen molar-refractivity contribution < 1.29 is 36.7 Å². The number of benzene rings is 3. The smallest absolute Gasteiger partial charge is 0.422 e. The molecule has 1 aliphatic rings. The molecule has 0 atom stereocenters. The number of carbonyl (C=O) groups excluding carboxylic acids is 3. The molecule has 1 saturated carbocycles. The number of rotatable bonds is 13. The molecule has 52 heavy (non-hydrogen) atoms. The molecule has 0 bridgehead atoms. The highest BCUT2D eigenvalue weighted by molar-refractivity contribution is 6.39. The van der Waals surface area contributed by atoms with Crippen LogP contribution in [0.25, 0.3) is 0 Å². The molecule has 17 heteroatoms. The van der Waals surface area contributed by atoms with Gasteiger partial charge in [-0.15, -0.1) is 0 Å². The average Bonchev–Trinajstić information content (AvgIpc) is 3.87. The first kappa shape index (κ1) is 37.7. The van der Waals surface area contributed by atoms with Gasteiger partial charge in [0, 0.05) is 35.1 Å². The molecule has 1 aromatic heterocycles. The minimum Gasteiger partial charge on any atom is -0.454 e.